The van der Waals surface area contributed by atoms with Gasteiger partial charge in [-0.2, -0.15) is 0 Å². The fourth-order valence-electron chi connectivity index (χ4n) is 0.951. The highest BCUT2D eigenvalue weighted by atomic mass is 31.0. The molecular formula is C8H17O2P. The molecule has 0 saturated heterocycles. The minimum Gasteiger partial charge on any atom is -0.481 e. The van der Waals surface area contributed by atoms with Crippen molar-refractivity contribution in [3.05, 3.63) is 0 Å². The maximum atomic E-state index is 10.1. The molecule has 0 spiro atoms. The average Bonchev–Trinajstić information content (AvgIpc) is 1.96. The molecule has 11 heavy (non-hydrogen) atoms. The average molecular weight is 176 g/mol. The highest BCUT2D eigenvalue weighted by molar-refractivity contribution is 7.16. The van der Waals surface area contributed by atoms with E-state index in [1.54, 1.807) is 0 Å². The molecule has 66 valence electrons. The van der Waals surface area contributed by atoms with Crippen molar-refractivity contribution in [2.75, 3.05) is 6.16 Å². The van der Waals surface area contributed by atoms with Crippen LogP contribution in [0.25, 0.3) is 0 Å². The fourth-order valence-corrected chi connectivity index (χ4v) is 1.24. The molecule has 0 amide bonds. The van der Waals surface area contributed by atoms with Gasteiger partial charge in [0.25, 0.3) is 0 Å². The van der Waals surface area contributed by atoms with Gasteiger partial charge in [-0.05, 0) is 19.0 Å². The smallest absolute Gasteiger partial charge is 0.303 e. The van der Waals surface area contributed by atoms with E-state index in [4.69, 9.17) is 5.11 Å². The summed E-state index contributed by atoms with van der Waals surface area (Å²) in [6, 6.07) is 0. The van der Waals surface area contributed by atoms with Crippen LogP contribution < -0.4 is 0 Å². The highest BCUT2D eigenvalue weighted by Gasteiger charge is 1.95. The predicted octanol–water partition coefficient (Wildman–Crippen LogP) is 2.29. The van der Waals surface area contributed by atoms with Gasteiger partial charge >= 0.3 is 5.97 Å². The molecule has 0 heterocycles. The first-order valence-electron chi connectivity index (χ1n) is 4.19. The molecule has 0 rings (SSSR count). The van der Waals surface area contributed by atoms with E-state index < -0.39 is 5.97 Å². The molecule has 3 heteroatoms. The zero-order chi connectivity index (χ0) is 8.53. The quantitative estimate of drug-likeness (QED) is 0.477. The molecule has 1 N–H and O–H groups in total. The Labute approximate surface area is 70.6 Å². The van der Waals surface area contributed by atoms with Gasteiger partial charge in [-0.15, -0.1) is 9.24 Å². The highest BCUT2D eigenvalue weighted by Crippen LogP contribution is 2.06. The van der Waals surface area contributed by atoms with Crippen LogP contribution in [0.2, 0.25) is 0 Å². The lowest BCUT2D eigenvalue weighted by molar-refractivity contribution is -0.137. The summed E-state index contributed by atoms with van der Waals surface area (Å²) in [4.78, 5) is 10.1. The lowest BCUT2D eigenvalue weighted by Gasteiger charge is -1.96. The molecule has 0 aliphatic carbocycles. The van der Waals surface area contributed by atoms with E-state index in [0.717, 1.165) is 12.8 Å². The molecule has 0 aromatic carbocycles. The van der Waals surface area contributed by atoms with E-state index in [1.807, 2.05) is 0 Å². The van der Waals surface area contributed by atoms with Gasteiger partial charge in [0.05, 0.1) is 0 Å². The van der Waals surface area contributed by atoms with E-state index in [2.05, 4.69) is 9.24 Å². The molecule has 0 saturated carbocycles. The van der Waals surface area contributed by atoms with Gasteiger partial charge in [0.1, 0.15) is 0 Å². The summed E-state index contributed by atoms with van der Waals surface area (Å²) in [5.74, 6) is -0.670. The summed E-state index contributed by atoms with van der Waals surface area (Å²) < 4.78 is 0. The summed E-state index contributed by atoms with van der Waals surface area (Å²) in [6.45, 7) is 0. The fraction of sp³-hybridized carbons (Fsp3) is 0.875. The van der Waals surface area contributed by atoms with Gasteiger partial charge < -0.3 is 5.11 Å². The van der Waals surface area contributed by atoms with Crippen LogP contribution in [0.5, 0.6) is 0 Å². The van der Waals surface area contributed by atoms with Crippen LogP contribution in [-0.4, -0.2) is 17.2 Å². The van der Waals surface area contributed by atoms with Crippen molar-refractivity contribution in [1.29, 1.82) is 0 Å². The third-order valence-corrected chi connectivity index (χ3v) is 2.00. The Balaban J connectivity index is 2.85. The number of carboxylic acids is 1. The number of carboxylic acid groups (broad SMARTS) is 1. The van der Waals surface area contributed by atoms with Crippen LogP contribution >= 0.6 is 9.24 Å². The standard InChI is InChI=1S/C8H17O2P/c9-8(10)6-4-2-1-3-5-7-11/h1-7,11H2,(H,9,10). The Morgan fingerprint density at radius 1 is 1.09 bits per heavy atom. The van der Waals surface area contributed by atoms with Crippen molar-refractivity contribution in [2.24, 2.45) is 0 Å². The van der Waals surface area contributed by atoms with Crippen LogP contribution in [0.15, 0.2) is 0 Å². The van der Waals surface area contributed by atoms with Crippen LogP contribution in [-0.2, 0) is 4.79 Å². The molecule has 0 fully saturated rings. The van der Waals surface area contributed by atoms with Gasteiger partial charge in [-0.3, -0.25) is 4.79 Å². The molecule has 0 aliphatic heterocycles. The number of carbonyl (C=O) groups is 1. The molecule has 2 nitrogen and oxygen atoms in total. The molecule has 1 atom stereocenters. The van der Waals surface area contributed by atoms with E-state index in [0.29, 0.717) is 6.42 Å². The van der Waals surface area contributed by atoms with Crippen molar-refractivity contribution >= 4 is 15.2 Å². The molecule has 0 aromatic heterocycles. The summed E-state index contributed by atoms with van der Waals surface area (Å²) in [5, 5.41) is 8.31. The zero-order valence-electron chi connectivity index (χ0n) is 6.88. The van der Waals surface area contributed by atoms with E-state index in [9.17, 15) is 4.79 Å². The van der Waals surface area contributed by atoms with Crippen LogP contribution in [0.3, 0.4) is 0 Å². The van der Waals surface area contributed by atoms with Crippen molar-refractivity contribution in [1.82, 2.24) is 0 Å². The molecule has 0 aliphatic rings. The van der Waals surface area contributed by atoms with Crippen molar-refractivity contribution < 1.29 is 9.90 Å². The van der Waals surface area contributed by atoms with E-state index in [-0.39, 0.29) is 0 Å². The van der Waals surface area contributed by atoms with Gasteiger partial charge in [0, 0.05) is 6.42 Å². The minimum atomic E-state index is -0.670. The number of hydrogen-bond acceptors (Lipinski definition) is 1. The van der Waals surface area contributed by atoms with Gasteiger partial charge in [-0.1, -0.05) is 19.3 Å². The second-order valence-corrected chi connectivity index (χ2v) is 3.28. The Hall–Kier alpha value is -0.100. The number of hydrogen-bond donors (Lipinski definition) is 1. The molecular weight excluding hydrogens is 159 g/mol. The SMILES string of the molecule is O=C(O)CCCCCCCP. The first kappa shape index (κ1) is 10.9. The molecule has 0 aromatic rings. The zero-order valence-corrected chi connectivity index (χ0v) is 8.04. The van der Waals surface area contributed by atoms with Crippen molar-refractivity contribution in [3.8, 4) is 0 Å². The number of aliphatic carboxylic acids is 1. The lowest BCUT2D eigenvalue weighted by atomic mass is 10.1. The maximum absolute atomic E-state index is 10.1. The van der Waals surface area contributed by atoms with E-state index >= 15 is 0 Å². The van der Waals surface area contributed by atoms with Crippen LogP contribution in [0.1, 0.15) is 38.5 Å². The van der Waals surface area contributed by atoms with E-state index in [1.165, 1.54) is 25.4 Å². The van der Waals surface area contributed by atoms with Gasteiger partial charge in [0.2, 0.25) is 0 Å². The topological polar surface area (TPSA) is 37.3 Å². The Morgan fingerprint density at radius 2 is 1.64 bits per heavy atom. The van der Waals surface area contributed by atoms with Crippen molar-refractivity contribution in [2.45, 2.75) is 38.5 Å². The Bertz CT molecular complexity index is 104. The summed E-state index contributed by atoms with van der Waals surface area (Å²) in [6.07, 6.45) is 7.07. The first-order valence-corrected chi connectivity index (χ1v) is 5.01. The normalized spacial score (nSPS) is 9.91. The van der Waals surface area contributed by atoms with Gasteiger partial charge in [0.15, 0.2) is 0 Å². The first-order chi connectivity index (χ1) is 5.27. The monoisotopic (exact) mass is 176 g/mol. The predicted molar refractivity (Wildman–Crippen MR) is 49.9 cm³/mol. The third kappa shape index (κ3) is 9.90. The minimum absolute atomic E-state index is 0.334. The van der Waals surface area contributed by atoms with Gasteiger partial charge in [-0.25, -0.2) is 0 Å². The summed E-state index contributed by atoms with van der Waals surface area (Å²) in [5.41, 5.74) is 0. The van der Waals surface area contributed by atoms with Crippen molar-refractivity contribution in [3.63, 3.8) is 0 Å². The largest absolute Gasteiger partial charge is 0.481 e. The molecule has 0 radical (unpaired) electrons. The number of rotatable bonds is 7. The van der Waals surface area contributed by atoms with Crippen LogP contribution in [0.4, 0.5) is 0 Å². The van der Waals surface area contributed by atoms with Crippen LogP contribution in [0, 0.1) is 0 Å². The summed E-state index contributed by atoms with van der Waals surface area (Å²) in [7, 11) is 2.70. The Kier molecular flexibility index (Phi) is 7.93. The lowest BCUT2D eigenvalue weighted by Crippen LogP contribution is -1.93. The second-order valence-electron chi connectivity index (χ2n) is 2.70. The molecule has 0 bridgehead atoms. The summed E-state index contributed by atoms with van der Waals surface area (Å²) >= 11 is 0. The maximum Gasteiger partial charge on any atom is 0.303 e. The molecule has 1 unspecified atom stereocenters. The second kappa shape index (κ2) is 8.00. The Morgan fingerprint density at radius 3 is 2.18 bits per heavy atom. The third-order valence-electron chi connectivity index (χ3n) is 1.59. The number of unbranched alkanes of at least 4 members (excludes halogenated alkanes) is 4.